The molecule has 3 aromatic rings. The average molecular weight is 644 g/mol. The van der Waals surface area contributed by atoms with E-state index in [1.54, 1.807) is 29.2 Å². The van der Waals surface area contributed by atoms with Crippen molar-refractivity contribution in [3.63, 3.8) is 0 Å². The first-order valence-corrected chi connectivity index (χ1v) is 16.7. The lowest BCUT2D eigenvalue weighted by atomic mass is 10.0. The molecule has 10 nitrogen and oxygen atoms in total. The van der Waals surface area contributed by atoms with Gasteiger partial charge in [0.15, 0.2) is 0 Å². The number of unbranched alkanes of at least 4 members (excludes halogenated alkanes) is 1. The molecule has 242 valence electrons. The molecule has 4 rings (SSSR count). The van der Waals surface area contributed by atoms with Gasteiger partial charge in [0.05, 0.1) is 17.5 Å². The highest BCUT2D eigenvalue weighted by molar-refractivity contribution is 7.92. The van der Waals surface area contributed by atoms with E-state index in [0.717, 1.165) is 63.2 Å². The molecule has 1 aliphatic heterocycles. The van der Waals surface area contributed by atoms with Gasteiger partial charge in [-0.2, -0.15) is 0 Å². The number of sulfonamides is 1. The third-order valence-corrected chi connectivity index (χ3v) is 8.11. The summed E-state index contributed by atoms with van der Waals surface area (Å²) in [4.78, 5) is 29.3. The Morgan fingerprint density at radius 1 is 0.978 bits per heavy atom. The molecule has 0 aromatic heterocycles. The molecule has 0 radical (unpaired) electrons. The van der Waals surface area contributed by atoms with Crippen molar-refractivity contribution in [1.82, 2.24) is 15.1 Å². The highest BCUT2D eigenvalue weighted by Crippen LogP contribution is 2.26. The van der Waals surface area contributed by atoms with Crippen molar-refractivity contribution in [2.75, 3.05) is 43.0 Å². The molecule has 3 amide bonds. The zero-order valence-corrected chi connectivity index (χ0v) is 26.4. The van der Waals surface area contributed by atoms with E-state index in [2.05, 4.69) is 20.3 Å². The minimum Gasteiger partial charge on any atom is -0.457 e. The van der Waals surface area contributed by atoms with E-state index >= 15 is 0 Å². The Kier molecular flexibility index (Phi) is 11.3. The van der Waals surface area contributed by atoms with Crippen LogP contribution in [0.2, 0.25) is 0 Å². The quantitative estimate of drug-likeness (QED) is 0.230. The van der Waals surface area contributed by atoms with Gasteiger partial charge in [0.2, 0.25) is 10.0 Å². The number of benzene rings is 3. The van der Waals surface area contributed by atoms with E-state index in [4.69, 9.17) is 4.74 Å². The monoisotopic (exact) mass is 643 g/mol. The van der Waals surface area contributed by atoms with Gasteiger partial charge in [0.25, 0.3) is 5.91 Å². The molecule has 0 spiro atoms. The van der Waals surface area contributed by atoms with E-state index < -0.39 is 33.6 Å². The molecule has 1 heterocycles. The summed E-state index contributed by atoms with van der Waals surface area (Å²) in [6.45, 7) is 4.77. The third-order valence-electron chi connectivity index (χ3n) is 7.50. The SMILES string of the molecule is CCCCN(C(=O)Nc1cc(C(=O)NC)c(F)cc1F)C1CCN(Cc2ccc(Oc3ccc(NS(C)(=O)=O)cc3)cc2)CC1. The Bertz CT molecular complexity index is 1580. The van der Waals surface area contributed by atoms with Crippen LogP contribution in [0.4, 0.5) is 25.0 Å². The molecule has 0 unspecified atom stereocenters. The van der Waals surface area contributed by atoms with Gasteiger partial charge in [0, 0.05) is 51.0 Å². The van der Waals surface area contributed by atoms with E-state index in [0.29, 0.717) is 29.8 Å². The number of ether oxygens (including phenoxy) is 1. The van der Waals surface area contributed by atoms with Crippen molar-refractivity contribution in [2.45, 2.75) is 45.2 Å². The Labute approximate surface area is 262 Å². The summed E-state index contributed by atoms with van der Waals surface area (Å²) in [5.74, 6) is -1.43. The second-order valence-electron chi connectivity index (χ2n) is 11.0. The van der Waals surface area contributed by atoms with Crippen LogP contribution in [0.3, 0.4) is 0 Å². The highest BCUT2D eigenvalue weighted by atomic mass is 32.2. The first-order chi connectivity index (χ1) is 21.5. The summed E-state index contributed by atoms with van der Waals surface area (Å²) in [5.41, 5.74) is 0.969. The lowest BCUT2D eigenvalue weighted by Gasteiger charge is -2.38. The standard InChI is InChI=1S/C32H39F2N5O5S/c1-4-5-16-39(32(41)36-30-19-27(31(40)35-2)28(33)20-29(30)34)24-14-17-38(18-15-24)21-22-6-10-25(11-7-22)44-26-12-8-23(9-13-26)37-45(3,42)43/h6-13,19-20,24,37H,4-5,14-18,21H2,1-3H3,(H,35,40)(H,36,41). The van der Waals surface area contributed by atoms with E-state index in [9.17, 15) is 26.8 Å². The number of nitrogens with zero attached hydrogens (tertiary/aromatic N) is 2. The molecule has 1 aliphatic rings. The molecule has 13 heteroatoms. The average Bonchev–Trinajstić information content (AvgIpc) is 3.00. The van der Waals surface area contributed by atoms with Crippen LogP contribution in [-0.4, -0.2) is 69.1 Å². The molecule has 0 bridgehead atoms. The molecule has 1 fully saturated rings. The topological polar surface area (TPSA) is 120 Å². The number of piperidine rings is 1. The molecule has 0 saturated carbocycles. The molecule has 45 heavy (non-hydrogen) atoms. The Hall–Kier alpha value is -4.23. The van der Waals surface area contributed by atoms with Gasteiger partial charge >= 0.3 is 6.03 Å². The number of nitrogens with one attached hydrogen (secondary N) is 3. The summed E-state index contributed by atoms with van der Waals surface area (Å²) in [6, 6.07) is 15.5. The number of urea groups is 1. The van der Waals surface area contributed by atoms with Crippen molar-refractivity contribution in [3.05, 3.63) is 83.4 Å². The first kappa shape index (κ1) is 33.7. The maximum Gasteiger partial charge on any atom is 0.322 e. The minimum absolute atomic E-state index is 0.0514. The zero-order valence-electron chi connectivity index (χ0n) is 25.6. The summed E-state index contributed by atoms with van der Waals surface area (Å²) in [5, 5.41) is 4.87. The van der Waals surface area contributed by atoms with Gasteiger partial charge in [-0.3, -0.25) is 14.4 Å². The second-order valence-corrected chi connectivity index (χ2v) is 12.8. The summed E-state index contributed by atoms with van der Waals surface area (Å²) >= 11 is 0. The number of hydrogen-bond donors (Lipinski definition) is 3. The molecule has 3 N–H and O–H groups in total. The smallest absolute Gasteiger partial charge is 0.322 e. The normalized spacial score (nSPS) is 14.1. The highest BCUT2D eigenvalue weighted by Gasteiger charge is 2.28. The van der Waals surface area contributed by atoms with Crippen LogP contribution in [0.1, 0.15) is 48.5 Å². The van der Waals surface area contributed by atoms with Crippen LogP contribution in [0, 0.1) is 11.6 Å². The van der Waals surface area contributed by atoms with Gasteiger partial charge in [-0.05, 0) is 67.3 Å². The number of carbonyl (C=O) groups excluding carboxylic acids is 2. The fourth-order valence-corrected chi connectivity index (χ4v) is 5.73. The van der Waals surface area contributed by atoms with Crippen molar-refractivity contribution in [3.8, 4) is 11.5 Å². The van der Waals surface area contributed by atoms with Crippen molar-refractivity contribution in [2.24, 2.45) is 0 Å². The van der Waals surface area contributed by atoms with Crippen LogP contribution in [-0.2, 0) is 16.6 Å². The van der Waals surface area contributed by atoms with Gasteiger partial charge in [-0.25, -0.2) is 22.0 Å². The summed E-state index contributed by atoms with van der Waals surface area (Å²) < 4.78 is 59.7. The molecular weight excluding hydrogens is 604 g/mol. The first-order valence-electron chi connectivity index (χ1n) is 14.8. The Balaban J connectivity index is 1.32. The van der Waals surface area contributed by atoms with Gasteiger partial charge < -0.3 is 20.3 Å². The molecule has 1 saturated heterocycles. The fraction of sp³-hybridized carbons (Fsp3) is 0.375. The van der Waals surface area contributed by atoms with E-state index in [1.807, 2.05) is 31.2 Å². The van der Waals surface area contributed by atoms with Gasteiger partial charge in [-0.1, -0.05) is 25.5 Å². The Morgan fingerprint density at radius 3 is 2.18 bits per heavy atom. The number of halogens is 2. The lowest BCUT2D eigenvalue weighted by Crippen LogP contribution is -2.49. The van der Waals surface area contributed by atoms with Crippen LogP contribution in [0.25, 0.3) is 0 Å². The maximum atomic E-state index is 14.5. The lowest BCUT2D eigenvalue weighted by molar-refractivity contribution is 0.0959. The number of hydrogen-bond acceptors (Lipinski definition) is 6. The van der Waals surface area contributed by atoms with Gasteiger partial charge in [0.1, 0.15) is 23.1 Å². The van der Waals surface area contributed by atoms with Crippen LogP contribution in [0.15, 0.2) is 60.7 Å². The molecule has 0 aliphatic carbocycles. The predicted molar refractivity (Wildman–Crippen MR) is 170 cm³/mol. The number of anilines is 2. The van der Waals surface area contributed by atoms with Crippen LogP contribution >= 0.6 is 0 Å². The number of likely N-dealkylation sites (tertiary alicyclic amines) is 1. The zero-order chi connectivity index (χ0) is 32.6. The number of rotatable bonds is 12. The largest absolute Gasteiger partial charge is 0.457 e. The number of amides is 3. The van der Waals surface area contributed by atoms with Crippen LogP contribution in [0.5, 0.6) is 11.5 Å². The number of carbonyl (C=O) groups is 2. The predicted octanol–water partition coefficient (Wildman–Crippen LogP) is 5.79. The molecular formula is C32H39F2N5O5S. The van der Waals surface area contributed by atoms with Crippen LogP contribution < -0.4 is 20.1 Å². The molecule has 3 aromatic carbocycles. The van der Waals surface area contributed by atoms with Crippen molar-refractivity contribution >= 4 is 33.3 Å². The fourth-order valence-electron chi connectivity index (χ4n) is 5.17. The second kappa shape index (κ2) is 15.2. The minimum atomic E-state index is -3.35. The summed E-state index contributed by atoms with van der Waals surface area (Å²) in [6.07, 6.45) is 4.21. The van der Waals surface area contributed by atoms with E-state index in [1.165, 1.54) is 7.05 Å². The van der Waals surface area contributed by atoms with E-state index in [-0.39, 0.29) is 17.3 Å². The molecule has 0 atom stereocenters. The Morgan fingerprint density at radius 2 is 1.60 bits per heavy atom. The third kappa shape index (κ3) is 9.63. The van der Waals surface area contributed by atoms with Crippen molar-refractivity contribution < 1.29 is 31.5 Å². The maximum absolute atomic E-state index is 14.5. The van der Waals surface area contributed by atoms with Gasteiger partial charge in [-0.15, -0.1) is 0 Å². The summed E-state index contributed by atoms with van der Waals surface area (Å²) in [7, 11) is -2.00. The van der Waals surface area contributed by atoms with Crippen molar-refractivity contribution in [1.29, 1.82) is 0 Å².